The highest BCUT2D eigenvalue weighted by atomic mass is 16.5. The van der Waals surface area contributed by atoms with Gasteiger partial charge in [0, 0.05) is 11.6 Å². The number of benzene rings is 1. The van der Waals surface area contributed by atoms with Gasteiger partial charge >= 0.3 is 0 Å². The van der Waals surface area contributed by atoms with Gasteiger partial charge in [-0.2, -0.15) is 0 Å². The zero-order valence-electron chi connectivity index (χ0n) is 13.1. The van der Waals surface area contributed by atoms with Gasteiger partial charge in [-0.05, 0) is 46.2 Å². The third kappa shape index (κ3) is 3.97. The van der Waals surface area contributed by atoms with Crippen molar-refractivity contribution in [2.24, 2.45) is 0 Å². The fraction of sp³-hybridized carbons (Fsp3) is 0.647. The van der Waals surface area contributed by atoms with Crippen LogP contribution in [0, 0.1) is 6.92 Å². The van der Waals surface area contributed by atoms with Gasteiger partial charge in [-0.3, -0.25) is 0 Å². The minimum absolute atomic E-state index is 0.244. The van der Waals surface area contributed by atoms with Crippen LogP contribution in [0.15, 0.2) is 18.2 Å². The van der Waals surface area contributed by atoms with Gasteiger partial charge in [0.05, 0.1) is 12.2 Å². The van der Waals surface area contributed by atoms with Crippen LogP contribution in [0.3, 0.4) is 0 Å². The summed E-state index contributed by atoms with van der Waals surface area (Å²) in [7, 11) is 0. The third-order valence-electron chi connectivity index (χ3n) is 3.89. The SMILES string of the molecule is CCNC(C)c1cc(C)ccc1OCC1CCC(C)O1. The molecule has 1 aliphatic heterocycles. The first-order chi connectivity index (χ1) is 9.60. The molecule has 1 aromatic carbocycles. The summed E-state index contributed by atoms with van der Waals surface area (Å²) in [6.45, 7) is 10.2. The van der Waals surface area contributed by atoms with Crippen LogP contribution < -0.4 is 10.1 Å². The van der Waals surface area contributed by atoms with Crippen LogP contribution in [0.2, 0.25) is 0 Å². The number of hydrogen-bond acceptors (Lipinski definition) is 3. The molecule has 2 rings (SSSR count). The van der Waals surface area contributed by atoms with E-state index in [4.69, 9.17) is 9.47 Å². The lowest BCUT2D eigenvalue weighted by Gasteiger charge is -2.20. The highest BCUT2D eigenvalue weighted by Gasteiger charge is 2.22. The molecule has 3 nitrogen and oxygen atoms in total. The Bertz CT molecular complexity index is 433. The molecule has 1 aromatic rings. The van der Waals surface area contributed by atoms with Gasteiger partial charge < -0.3 is 14.8 Å². The summed E-state index contributed by atoms with van der Waals surface area (Å²) in [6, 6.07) is 6.70. The van der Waals surface area contributed by atoms with E-state index in [1.165, 1.54) is 11.1 Å². The molecule has 3 atom stereocenters. The first-order valence-electron chi connectivity index (χ1n) is 7.72. The Morgan fingerprint density at radius 3 is 2.85 bits per heavy atom. The fourth-order valence-corrected chi connectivity index (χ4v) is 2.74. The molecular formula is C17H27NO2. The topological polar surface area (TPSA) is 30.5 Å². The molecule has 1 fully saturated rings. The predicted molar refractivity (Wildman–Crippen MR) is 82.3 cm³/mol. The average molecular weight is 277 g/mol. The maximum Gasteiger partial charge on any atom is 0.124 e. The summed E-state index contributed by atoms with van der Waals surface area (Å²) in [5.74, 6) is 0.979. The Hall–Kier alpha value is -1.06. The first-order valence-corrected chi connectivity index (χ1v) is 7.72. The minimum atomic E-state index is 0.244. The van der Waals surface area contributed by atoms with Gasteiger partial charge in [-0.1, -0.05) is 24.6 Å². The van der Waals surface area contributed by atoms with Gasteiger partial charge in [0.2, 0.25) is 0 Å². The molecule has 112 valence electrons. The molecule has 0 aliphatic carbocycles. The lowest BCUT2D eigenvalue weighted by molar-refractivity contribution is 0.0261. The average Bonchev–Trinajstić information content (AvgIpc) is 2.83. The normalized spacial score (nSPS) is 23.8. The highest BCUT2D eigenvalue weighted by molar-refractivity contribution is 5.39. The summed E-state index contributed by atoms with van der Waals surface area (Å²) >= 11 is 0. The van der Waals surface area contributed by atoms with Crippen LogP contribution in [0.1, 0.15) is 50.8 Å². The third-order valence-corrected chi connectivity index (χ3v) is 3.89. The second-order valence-electron chi connectivity index (χ2n) is 5.78. The molecular weight excluding hydrogens is 250 g/mol. The zero-order valence-corrected chi connectivity index (χ0v) is 13.1. The van der Waals surface area contributed by atoms with Crippen LogP contribution in [0.4, 0.5) is 0 Å². The predicted octanol–water partition coefficient (Wildman–Crippen LogP) is 3.61. The van der Waals surface area contributed by atoms with Gasteiger partial charge in [-0.15, -0.1) is 0 Å². The first kappa shape index (κ1) is 15.3. The van der Waals surface area contributed by atoms with Crippen molar-refractivity contribution in [1.29, 1.82) is 0 Å². The molecule has 3 unspecified atom stereocenters. The van der Waals surface area contributed by atoms with E-state index < -0.39 is 0 Å². The standard InChI is InChI=1S/C17H27NO2/c1-5-18-14(4)16-10-12(2)6-9-17(16)19-11-15-8-7-13(3)20-15/h6,9-10,13-15,18H,5,7-8,11H2,1-4H3. The van der Waals surface area contributed by atoms with Crippen molar-refractivity contribution >= 4 is 0 Å². The molecule has 0 spiro atoms. The van der Waals surface area contributed by atoms with E-state index >= 15 is 0 Å². The Labute approximate surface area is 122 Å². The van der Waals surface area contributed by atoms with Crippen LogP contribution in [0.5, 0.6) is 5.75 Å². The largest absolute Gasteiger partial charge is 0.491 e. The summed E-state index contributed by atoms with van der Waals surface area (Å²) in [5, 5.41) is 3.45. The number of aryl methyl sites for hydroxylation is 1. The zero-order chi connectivity index (χ0) is 14.5. The van der Waals surface area contributed by atoms with Gasteiger partial charge in [0.15, 0.2) is 0 Å². The van der Waals surface area contributed by atoms with Crippen LogP contribution in [-0.2, 0) is 4.74 Å². The highest BCUT2D eigenvalue weighted by Crippen LogP contribution is 2.28. The van der Waals surface area contributed by atoms with E-state index in [1.807, 2.05) is 0 Å². The van der Waals surface area contributed by atoms with Crippen molar-refractivity contribution in [2.75, 3.05) is 13.2 Å². The maximum atomic E-state index is 6.03. The fourth-order valence-electron chi connectivity index (χ4n) is 2.74. The summed E-state index contributed by atoms with van der Waals surface area (Å²) in [6.07, 6.45) is 2.86. The molecule has 0 saturated carbocycles. The van der Waals surface area contributed by atoms with Gasteiger partial charge in [0.25, 0.3) is 0 Å². The van der Waals surface area contributed by atoms with E-state index in [0.29, 0.717) is 18.8 Å². The molecule has 0 bridgehead atoms. The summed E-state index contributed by atoms with van der Waals surface area (Å²) in [5.41, 5.74) is 2.50. The van der Waals surface area contributed by atoms with E-state index in [1.54, 1.807) is 0 Å². The van der Waals surface area contributed by atoms with E-state index in [-0.39, 0.29) is 6.10 Å². The molecule has 1 heterocycles. The number of ether oxygens (including phenoxy) is 2. The van der Waals surface area contributed by atoms with Crippen molar-refractivity contribution in [3.63, 3.8) is 0 Å². The molecule has 20 heavy (non-hydrogen) atoms. The van der Waals surface area contributed by atoms with E-state index in [2.05, 4.69) is 51.2 Å². The Morgan fingerprint density at radius 1 is 1.40 bits per heavy atom. The van der Waals surface area contributed by atoms with Crippen LogP contribution >= 0.6 is 0 Å². The summed E-state index contributed by atoms with van der Waals surface area (Å²) < 4.78 is 11.8. The quantitative estimate of drug-likeness (QED) is 0.861. The van der Waals surface area contributed by atoms with Gasteiger partial charge in [0.1, 0.15) is 12.4 Å². The second kappa shape index (κ2) is 7.09. The molecule has 0 amide bonds. The van der Waals surface area contributed by atoms with Crippen molar-refractivity contribution in [3.05, 3.63) is 29.3 Å². The molecule has 0 radical (unpaired) electrons. The van der Waals surface area contributed by atoms with Crippen molar-refractivity contribution < 1.29 is 9.47 Å². The second-order valence-corrected chi connectivity index (χ2v) is 5.78. The maximum absolute atomic E-state index is 6.03. The molecule has 1 N–H and O–H groups in total. The lowest BCUT2D eigenvalue weighted by atomic mass is 10.0. The molecule has 1 aliphatic rings. The number of nitrogens with one attached hydrogen (secondary N) is 1. The minimum Gasteiger partial charge on any atom is -0.491 e. The molecule has 0 aromatic heterocycles. The van der Waals surface area contributed by atoms with Crippen molar-refractivity contribution in [3.8, 4) is 5.75 Å². The monoisotopic (exact) mass is 277 g/mol. The van der Waals surface area contributed by atoms with Crippen LogP contribution in [-0.4, -0.2) is 25.4 Å². The van der Waals surface area contributed by atoms with Crippen molar-refractivity contribution in [2.45, 2.75) is 58.8 Å². The molecule has 1 saturated heterocycles. The Balaban J connectivity index is 2.02. The number of rotatable bonds is 6. The lowest BCUT2D eigenvalue weighted by Crippen LogP contribution is -2.21. The van der Waals surface area contributed by atoms with Crippen LogP contribution in [0.25, 0.3) is 0 Å². The number of hydrogen-bond donors (Lipinski definition) is 1. The van der Waals surface area contributed by atoms with E-state index in [0.717, 1.165) is 25.1 Å². The Kier molecular flexibility index (Phi) is 5.44. The van der Waals surface area contributed by atoms with Crippen molar-refractivity contribution in [1.82, 2.24) is 5.32 Å². The Morgan fingerprint density at radius 2 is 2.20 bits per heavy atom. The van der Waals surface area contributed by atoms with E-state index in [9.17, 15) is 0 Å². The summed E-state index contributed by atoms with van der Waals surface area (Å²) in [4.78, 5) is 0. The van der Waals surface area contributed by atoms with Gasteiger partial charge in [-0.25, -0.2) is 0 Å². The smallest absolute Gasteiger partial charge is 0.124 e. The molecule has 3 heteroatoms.